The average molecular weight is 426 g/mol. The van der Waals surface area contributed by atoms with Crippen molar-refractivity contribution in [1.82, 2.24) is 10.2 Å². The molecule has 1 aromatic carbocycles. The van der Waals surface area contributed by atoms with Crippen molar-refractivity contribution in [2.75, 3.05) is 33.9 Å². The molecule has 0 spiro atoms. The maximum absolute atomic E-state index is 13.3. The maximum Gasteiger partial charge on any atom is 0.254 e. The van der Waals surface area contributed by atoms with Crippen LogP contribution in [0.2, 0.25) is 0 Å². The van der Waals surface area contributed by atoms with E-state index in [0.29, 0.717) is 49.5 Å². The Bertz CT molecular complexity index is 711. The molecule has 0 radical (unpaired) electrons. The first kappa shape index (κ1) is 24.8. The van der Waals surface area contributed by atoms with Crippen LogP contribution in [0.4, 0.5) is 0 Å². The molecular weight excluding hydrogens is 394 g/mol. The fourth-order valence-corrected chi connectivity index (χ4v) is 3.57. The number of nitrogens with zero attached hydrogens (tertiary/aromatic N) is 1. The quantitative estimate of drug-likeness (QED) is 0.592. The Morgan fingerprint density at radius 2 is 2.07 bits per heavy atom. The second-order valence-corrected chi connectivity index (χ2v) is 6.85. The number of halogens is 1. The number of carbonyl (C=O) groups excluding carboxylic acids is 2. The molecule has 1 unspecified atom stereocenters. The number of nitrogens with one attached hydrogen (secondary N) is 1. The highest BCUT2D eigenvalue weighted by Gasteiger charge is 2.29. The van der Waals surface area contributed by atoms with Crippen LogP contribution in [0.1, 0.15) is 41.6 Å². The fraction of sp³-hybridized carbons (Fsp3) is 0.524. The Balaban J connectivity index is 0.00000420. The molecule has 3 N–H and O–H groups in total. The van der Waals surface area contributed by atoms with Crippen LogP contribution in [-0.4, -0.2) is 56.6 Å². The summed E-state index contributed by atoms with van der Waals surface area (Å²) in [5, 5.41) is 2.89. The average Bonchev–Trinajstić information content (AvgIpc) is 2.71. The molecule has 2 rings (SSSR count). The Labute approximate surface area is 179 Å². The first-order valence-corrected chi connectivity index (χ1v) is 9.69. The summed E-state index contributed by atoms with van der Waals surface area (Å²) in [5.41, 5.74) is 6.83. The fourth-order valence-electron chi connectivity index (χ4n) is 3.57. The van der Waals surface area contributed by atoms with Gasteiger partial charge >= 0.3 is 0 Å². The predicted octanol–water partition coefficient (Wildman–Crippen LogP) is 2.31. The van der Waals surface area contributed by atoms with Gasteiger partial charge in [0.25, 0.3) is 5.91 Å². The molecule has 1 aliphatic rings. The highest BCUT2D eigenvalue weighted by molar-refractivity contribution is 5.95. The number of likely N-dealkylation sites (tertiary alicyclic amines) is 1. The maximum atomic E-state index is 13.3. The molecule has 1 atom stereocenters. The third-order valence-corrected chi connectivity index (χ3v) is 4.96. The van der Waals surface area contributed by atoms with Crippen LogP contribution in [0.25, 0.3) is 0 Å². The molecule has 1 heterocycles. The Hall–Kier alpha value is -2.25. The van der Waals surface area contributed by atoms with Crippen molar-refractivity contribution < 1.29 is 19.1 Å². The summed E-state index contributed by atoms with van der Waals surface area (Å²) in [5.74, 6) is 0.988. The lowest BCUT2D eigenvalue weighted by atomic mass is 9.99. The van der Waals surface area contributed by atoms with Crippen molar-refractivity contribution >= 4 is 24.2 Å². The van der Waals surface area contributed by atoms with E-state index in [9.17, 15) is 9.59 Å². The molecule has 162 valence electrons. The van der Waals surface area contributed by atoms with E-state index < -0.39 is 0 Å². The van der Waals surface area contributed by atoms with Crippen LogP contribution in [0.15, 0.2) is 24.8 Å². The van der Waals surface area contributed by atoms with Crippen LogP contribution < -0.4 is 20.5 Å². The van der Waals surface area contributed by atoms with Crippen LogP contribution in [0.5, 0.6) is 11.5 Å². The first-order chi connectivity index (χ1) is 13.5. The zero-order valence-corrected chi connectivity index (χ0v) is 18.1. The van der Waals surface area contributed by atoms with Crippen LogP contribution in [-0.2, 0) is 11.2 Å². The lowest BCUT2D eigenvalue weighted by Gasteiger charge is -2.36. The molecule has 8 heteroatoms. The lowest BCUT2D eigenvalue weighted by molar-refractivity contribution is -0.121. The van der Waals surface area contributed by atoms with E-state index in [1.807, 2.05) is 11.0 Å². The largest absolute Gasteiger partial charge is 0.493 e. The topological polar surface area (TPSA) is 93.9 Å². The summed E-state index contributed by atoms with van der Waals surface area (Å²) in [7, 11) is 3.14. The van der Waals surface area contributed by atoms with Crippen LogP contribution in [0.3, 0.4) is 0 Å². The molecule has 1 fully saturated rings. The van der Waals surface area contributed by atoms with Crippen LogP contribution >= 0.6 is 12.4 Å². The number of piperidine rings is 1. The molecular formula is C21H32ClN3O4. The van der Waals surface area contributed by atoms with Gasteiger partial charge in [0.2, 0.25) is 5.91 Å². The highest BCUT2D eigenvalue weighted by atomic mass is 35.5. The number of nitrogens with two attached hydrogens (primary N) is 1. The van der Waals surface area contributed by atoms with Gasteiger partial charge in [0.15, 0.2) is 11.5 Å². The number of benzene rings is 1. The Morgan fingerprint density at radius 3 is 2.69 bits per heavy atom. The number of hydrogen-bond donors (Lipinski definition) is 2. The normalized spacial score (nSPS) is 15.8. The molecule has 0 aliphatic carbocycles. The molecule has 1 aromatic rings. The standard InChI is InChI=1S/C21H31N3O4.ClH/c1-4-7-15-12-16(13-18(27-2)20(15)28-3)21(26)24-11-6-5-8-17(24)14-23-19(25)9-10-22;/h4,12-13,17H,1,5-11,14,22H2,2-3H3,(H,23,25);1H. The predicted molar refractivity (Wildman–Crippen MR) is 116 cm³/mol. The van der Waals surface area contributed by atoms with Crippen molar-refractivity contribution in [2.24, 2.45) is 5.73 Å². The van der Waals surface area contributed by atoms with E-state index in [-0.39, 0.29) is 30.3 Å². The van der Waals surface area contributed by atoms with Crippen molar-refractivity contribution in [1.29, 1.82) is 0 Å². The van der Waals surface area contributed by atoms with Crippen LogP contribution in [0, 0.1) is 0 Å². The van der Waals surface area contributed by atoms with E-state index in [2.05, 4.69) is 11.9 Å². The summed E-state index contributed by atoms with van der Waals surface area (Å²) in [6.07, 6.45) is 5.48. The van der Waals surface area contributed by atoms with Gasteiger partial charge < -0.3 is 25.4 Å². The van der Waals surface area contributed by atoms with E-state index in [1.165, 1.54) is 0 Å². The summed E-state index contributed by atoms with van der Waals surface area (Å²) in [6, 6.07) is 3.52. The third kappa shape index (κ3) is 6.37. The Morgan fingerprint density at radius 1 is 1.31 bits per heavy atom. The summed E-state index contributed by atoms with van der Waals surface area (Å²) >= 11 is 0. The van der Waals surface area contributed by atoms with Gasteiger partial charge in [-0.1, -0.05) is 6.08 Å². The van der Waals surface area contributed by atoms with Crippen molar-refractivity contribution in [3.05, 3.63) is 35.9 Å². The molecule has 1 aliphatic heterocycles. The van der Waals surface area contributed by atoms with Gasteiger partial charge in [-0.25, -0.2) is 0 Å². The molecule has 29 heavy (non-hydrogen) atoms. The molecule has 7 nitrogen and oxygen atoms in total. The number of hydrogen-bond acceptors (Lipinski definition) is 5. The molecule has 0 saturated carbocycles. The molecule has 0 bridgehead atoms. The van der Waals surface area contributed by atoms with E-state index in [0.717, 1.165) is 24.8 Å². The first-order valence-electron chi connectivity index (χ1n) is 9.69. The summed E-state index contributed by atoms with van der Waals surface area (Å²) in [4.78, 5) is 26.9. The minimum Gasteiger partial charge on any atom is -0.493 e. The number of rotatable bonds is 9. The summed E-state index contributed by atoms with van der Waals surface area (Å²) < 4.78 is 10.9. The lowest BCUT2D eigenvalue weighted by Crippen LogP contribution is -2.49. The monoisotopic (exact) mass is 425 g/mol. The Kier molecular flexibility index (Phi) is 10.5. The second-order valence-electron chi connectivity index (χ2n) is 6.85. The van der Waals surface area contributed by atoms with Crippen molar-refractivity contribution in [3.8, 4) is 11.5 Å². The molecule has 1 saturated heterocycles. The van der Waals surface area contributed by atoms with Gasteiger partial charge in [0.1, 0.15) is 0 Å². The minimum absolute atomic E-state index is 0. The van der Waals surface area contributed by atoms with Gasteiger partial charge in [-0.05, 0) is 37.8 Å². The number of ether oxygens (including phenoxy) is 2. The number of methoxy groups -OCH3 is 2. The van der Waals surface area contributed by atoms with Gasteiger partial charge in [-0.15, -0.1) is 19.0 Å². The smallest absolute Gasteiger partial charge is 0.254 e. The van der Waals surface area contributed by atoms with E-state index in [1.54, 1.807) is 26.4 Å². The van der Waals surface area contributed by atoms with Gasteiger partial charge in [0.05, 0.1) is 14.2 Å². The van der Waals surface area contributed by atoms with Gasteiger partial charge in [-0.3, -0.25) is 9.59 Å². The zero-order valence-electron chi connectivity index (χ0n) is 17.2. The highest BCUT2D eigenvalue weighted by Crippen LogP contribution is 2.34. The number of allylic oxidation sites excluding steroid dienone is 1. The van der Waals surface area contributed by atoms with E-state index in [4.69, 9.17) is 15.2 Å². The number of amides is 2. The number of carbonyl (C=O) groups is 2. The van der Waals surface area contributed by atoms with E-state index >= 15 is 0 Å². The zero-order chi connectivity index (χ0) is 20.5. The second kappa shape index (κ2) is 12.3. The molecule has 2 amide bonds. The van der Waals surface area contributed by atoms with Crippen molar-refractivity contribution in [3.63, 3.8) is 0 Å². The van der Waals surface area contributed by atoms with Gasteiger partial charge in [-0.2, -0.15) is 0 Å². The summed E-state index contributed by atoms with van der Waals surface area (Å²) in [6.45, 7) is 5.20. The SMILES string of the molecule is C=CCc1cc(C(=O)N2CCCCC2CNC(=O)CCN)cc(OC)c1OC.Cl. The van der Waals surface area contributed by atoms with Gasteiger partial charge in [0, 0.05) is 43.2 Å². The third-order valence-electron chi connectivity index (χ3n) is 4.96. The van der Waals surface area contributed by atoms with Crippen molar-refractivity contribution in [2.45, 2.75) is 38.1 Å². The molecule has 0 aromatic heterocycles. The minimum atomic E-state index is -0.0835.